The third-order valence-corrected chi connectivity index (χ3v) is 4.24. The third kappa shape index (κ3) is 4.75. The highest BCUT2D eigenvalue weighted by molar-refractivity contribution is 5.88. The van der Waals surface area contributed by atoms with Gasteiger partial charge in [0.25, 0.3) is 0 Å². The highest BCUT2D eigenvalue weighted by Crippen LogP contribution is 2.25. The van der Waals surface area contributed by atoms with E-state index in [0.717, 1.165) is 10.9 Å². The van der Waals surface area contributed by atoms with Crippen molar-refractivity contribution in [3.05, 3.63) is 59.7 Å². The van der Waals surface area contributed by atoms with Gasteiger partial charge in [0.2, 0.25) is 0 Å². The average molecular weight is 370 g/mol. The first-order valence-electron chi connectivity index (χ1n) is 8.59. The number of aliphatic hydroxyl groups is 2. The molecule has 6 N–H and O–H groups in total. The van der Waals surface area contributed by atoms with E-state index in [1.165, 1.54) is 0 Å². The summed E-state index contributed by atoms with van der Waals surface area (Å²) >= 11 is 0. The van der Waals surface area contributed by atoms with Crippen molar-refractivity contribution in [2.24, 2.45) is 0 Å². The minimum absolute atomic E-state index is 0.171. The van der Waals surface area contributed by atoms with E-state index in [9.17, 15) is 15.0 Å². The number of aromatic nitrogens is 2. The Hall–Kier alpha value is -3.10. The average Bonchev–Trinajstić information content (AvgIpc) is 3.06. The number of nitrogens with one attached hydrogen (secondary N) is 2. The van der Waals surface area contributed by atoms with Crippen molar-refractivity contribution in [1.82, 2.24) is 15.5 Å². The molecule has 0 bridgehead atoms. The number of aliphatic hydroxyl groups excluding tert-OH is 2. The molecule has 2 aromatic carbocycles. The van der Waals surface area contributed by atoms with Gasteiger partial charge in [0.15, 0.2) is 5.82 Å². The molecule has 0 saturated heterocycles. The van der Waals surface area contributed by atoms with Gasteiger partial charge in [-0.3, -0.25) is 5.10 Å². The number of anilines is 1. The normalized spacial score (nSPS) is 13.3. The molecular formula is C19H22N4O4. The first-order valence-corrected chi connectivity index (χ1v) is 8.59. The summed E-state index contributed by atoms with van der Waals surface area (Å²) < 4.78 is 5.09. The molecule has 0 aliphatic carbocycles. The summed E-state index contributed by atoms with van der Waals surface area (Å²) in [7, 11) is 0. The lowest BCUT2D eigenvalue weighted by molar-refractivity contribution is 0.0137. The Morgan fingerprint density at radius 1 is 1.22 bits per heavy atom. The Bertz CT molecular complexity index is 897. The van der Waals surface area contributed by atoms with Crippen molar-refractivity contribution in [2.75, 3.05) is 12.3 Å². The highest BCUT2D eigenvalue weighted by atomic mass is 16.5. The first kappa shape index (κ1) is 18.7. The second kappa shape index (κ2) is 8.52. The molecule has 0 fully saturated rings. The predicted octanol–water partition coefficient (Wildman–Crippen LogP) is 1.86. The second-order valence-corrected chi connectivity index (χ2v) is 6.20. The smallest absolute Gasteiger partial charge is 0.407 e. The number of fused-ring (bicyclic) bond motifs is 1. The van der Waals surface area contributed by atoms with Crippen LogP contribution in [0.25, 0.3) is 10.9 Å². The van der Waals surface area contributed by atoms with Gasteiger partial charge >= 0.3 is 6.09 Å². The lowest BCUT2D eigenvalue weighted by Gasteiger charge is -2.18. The number of hydrogen-bond acceptors (Lipinski definition) is 6. The van der Waals surface area contributed by atoms with E-state index in [1.54, 1.807) is 18.2 Å². The van der Waals surface area contributed by atoms with Crippen LogP contribution in [0.1, 0.15) is 23.7 Å². The molecule has 8 heteroatoms. The van der Waals surface area contributed by atoms with Crippen molar-refractivity contribution < 1.29 is 19.7 Å². The molecule has 0 radical (unpaired) electrons. The summed E-state index contributed by atoms with van der Waals surface area (Å²) in [5.41, 5.74) is 7.81. The van der Waals surface area contributed by atoms with Crippen LogP contribution in [-0.4, -0.2) is 39.2 Å². The molecule has 8 nitrogen and oxygen atoms in total. The van der Waals surface area contributed by atoms with Crippen molar-refractivity contribution in [1.29, 1.82) is 0 Å². The summed E-state index contributed by atoms with van der Waals surface area (Å²) in [6.45, 7) is 0.344. The Labute approximate surface area is 156 Å². The molecule has 3 rings (SSSR count). The number of rotatable bonds is 7. The minimum Gasteiger partial charge on any atom is -0.445 e. The minimum atomic E-state index is -1.10. The molecule has 0 spiro atoms. The molecule has 0 aliphatic rings. The van der Waals surface area contributed by atoms with Crippen LogP contribution >= 0.6 is 0 Å². The van der Waals surface area contributed by atoms with Gasteiger partial charge in [-0.15, -0.1) is 0 Å². The van der Waals surface area contributed by atoms with Crippen molar-refractivity contribution >= 4 is 22.8 Å². The number of amides is 1. The second-order valence-electron chi connectivity index (χ2n) is 6.20. The fourth-order valence-corrected chi connectivity index (χ4v) is 2.72. The molecule has 3 aromatic rings. The van der Waals surface area contributed by atoms with Crippen LogP contribution in [0.5, 0.6) is 0 Å². The number of nitrogens with zero attached hydrogens (tertiary/aromatic N) is 1. The third-order valence-electron chi connectivity index (χ3n) is 4.24. The van der Waals surface area contributed by atoms with Crippen LogP contribution in [0.3, 0.4) is 0 Å². The lowest BCUT2D eigenvalue weighted by Crippen LogP contribution is -2.29. The number of alkyl carbamates (subject to hydrolysis) is 1. The number of nitrogen functional groups attached to an aromatic ring is 1. The molecule has 142 valence electrons. The lowest BCUT2D eigenvalue weighted by atomic mass is 10.0. The number of carbonyl (C=O) groups is 1. The molecular weight excluding hydrogens is 348 g/mol. The Balaban J connectivity index is 1.45. The van der Waals surface area contributed by atoms with Crippen LogP contribution in [0.15, 0.2) is 48.5 Å². The fourth-order valence-electron chi connectivity index (χ4n) is 2.72. The van der Waals surface area contributed by atoms with E-state index < -0.39 is 18.3 Å². The van der Waals surface area contributed by atoms with E-state index in [1.807, 2.05) is 30.3 Å². The molecule has 2 unspecified atom stereocenters. The van der Waals surface area contributed by atoms with Gasteiger partial charge in [0.05, 0.1) is 11.6 Å². The Morgan fingerprint density at radius 2 is 2.00 bits per heavy atom. The summed E-state index contributed by atoms with van der Waals surface area (Å²) in [5.74, 6) is 0.379. The van der Waals surface area contributed by atoms with Gasteiger partial charge < -0.3 is 26.0 Å². The van der Waals surface area contributed by atoms with E-state index >= 15 is 0 Å². The predicted molar refractivity (Wildman–Crippen MR) is 101 cm³/mol. The number of carbonyl (C=O) groups excluding carboxylic acids is 1. The van der Waals surface area contributed by atoms with E-state index in [0.29, 0.717) is 16.9 Å². The fraction of sp³-hybridized carbons (Fsp3) is 0.263. The first-order chi connectivity index (χ1) is 13.0. The van der Waals surface area contributed by atoms with Gasteiger partial charge in [0.1, 0.15) is 12.7 Å². The quantitative estimate of drug-likeness (QED) is 0.431. The van der Waals surface area contributed by atoms with Crippen molar-refractivity contribution in [2.45, 2.75) is 25.2 Å². The monoisotopic (exact) mass is 370 g/mol. The van der Waals surface area contributed by atoms with Crippen LogP contribution in [0.4, 0.5) is 10.6 Å². The summed E-state index contributed by atoms with van der Waals surface area (Å²) in [6, 6.07) is 14.4. The Kier molecular flexibility index (Phi) is 5.90. The van der Waals surface area contributed by atoms with Crippen LogP contribution in [0, 0.1) is 0 Å². The summed E-state index contributed by atoms with van der Waals surface area (Å²) in [5, 5.41) is 30.5. The van der Waals surface area contributed by atoms with Crippen molar-refractivity contribution in [3.8, 4) is 0 Å². The maximum absolute atomic E-state index is 11.7. The number of hydrogen-bond donors (Lipinski definition) is 5. The van der Waals surface area contributed by atoms with E-state index in [4.69, 9.17) is 10.5 Å². The van der Waals surface area contributed by atoms with E-state index in [-0.39, 0.29) is 19.6 Å². The van der Waals surface area contributed by atoms with Gasteiger partial charge in [0, 0.05) is 11.9 Å². The van der Waals surface area contributed by atoms with Gasteiger partial charge in [-0.05, 0) is 29.7 Å². The highest BCUT2D eigenvalue weighted by Gasteiger charge is 2.19. The largest absolute Gasteiger partial charge is 0.445 e. The van der Waals surface area contributed by atoms with Gasteiger partial charge in [-0.2, -0.15) is 5.10 Å². The molecule has 2 atom stereocenters. The SMILES string of the molecule is Nc1n[nH]c2cc(C(O)C(O)CCNC(=O)OCc3ccccc3)ccc12. The number of nitrogens with two attached hydrogens (primary N) is 1. The summed E-state index contributed by atoms with van der Waals surface area (Å²) in [4.78, 5) is 11.7. The number of H-pyrrole nitrogens is 1. The molecule has 1 heterocycles. The van der Waals surface area contributed by atoms with Crippen LogP contribution < -0.4 is 11.1 Å². The molecule has 1 aromatic heterocycles. The number of aromatic amines is 1. The molecule has 27 heavy (non-hydrogen) atoms. The zero-order valence-corrected chi connectivity index (χ0v) is 14.6. The Morgan fingerprint density at radius 3 is 2.78 bits per heavy atom. The van der Waals surface area contributed by atoms with Crippen LogP contribution in [-0.2, 0) is 11.3 Å². The molecule has 0 saturated carbocycles. The standard InChI is InChI=1S/C19H22N4O4/c20-18-14-7-6-13(10-15(14)22-23-18)17(25)16(24)8-9-21-19(26)27-11-12-4-2-1-3-5-12/h1-7,10,16-17,24-25H,8-9,11H2,(H,21,26)(H3,20,22,23). The zero-order valence-electron chi connectivity index (χ0n) is 14.6. The van der Waals surface area contributed by atoms with Gasteiger partial charge in [-0.1, -0.05) is 36.4 Å². The maximum atomic E-state index is 11.7. The van der Waals surface area contributed by atoms with Crippen LogP contribution in [0.2, 0.25) is 0 Å². The molecule has 1 amide bonds. The zero-order chi connectivity index (χ0) is 19.2. The number of ether oxygens (including phenoxy) is 1. The topological polar surface area (TPSA) is 133 Å². The number of benzene rings is 2. The van der Waals surface area contributed by atoms with Gasteiger partial charge in [-0.25, -0.2) is 4.79 Å². The van der Waals surface area contributed by atoms with Crippen molar-refractivity contribution in [3.63, 3.8) is 0 Å². The maximum Gasteiger partial charge on any atom is 0.407 e. The summed E-state index contributed by atoms with van der Waals surface area (Å²) in [6.07, 6.45) is -2.54. The van der Waals surface area contributed by atoms with E-state index in [2.05, 4.69) is 15.5 Å². The molecule has 0 aliphatic heterocycles.